The summed E-state index contributed by atoms with van der Waals surface area (Å²) in [4.78, 5) is 0. The fraction of sp³-hybridized carbons (Fsp3) is 0.0400. The van der Waals surface area contributed by atoms with Crippen LogP contribution in [-0.4, -0.2) is 0 Å². The SMILES string of the molecule is [Hf][CH]1C(c2cc(-c3ccccc3)cc3ccccc23)=Cc2ccccc21. The van der Waals surface area contributed by atoms with Crippen LogP contribution in [0, 0.1) is 0 Å². The normalized spacial score (nSPS) is 15.7. The maximum absolute atomic E-state index is 2.41. The summed E-state index contributed by atoms with van der Waals surface area (Å²) in [5.74, 6) is 0. The Morgan fingerprint density at radius 2 is 1.38 bits per heavy atom. The van der Waals surface area contributed by atoms with Crippen LogP contribution in [-0.2, 0) is 24.4 Å². The predicted molar refractivity (Wildman–Crippen MR) is 106 cm³/mol. The molecule has 0 saturated heterocycles. The van der Waals surface area contributed by atoms with E-state index in [-0.39, 0.29) is 0 Å². The van der Waals surface area contributed by atoms with Gasteiger partial charge in [0, 0.05) is 0 Å². The van der Waals surface area contributed by atoms with E-state index in [1.165, 1.54) is 44.2 Å². The molecule has 1 unspecified atom stereocenters. The van der Waals surface area contributed by atoms with Gasteiger partial charge in [0.25, 0.3) is 0 Å². The maximum atomic E-state index is 2.41. The van der Waals surface area contributed by atoms with E-state index in [0.717, 1.165) is 24.4 Å². The molecule has 26 heavy (non-hydrogen) atoms. The minimum absolute atomic E-state index is 0.556. The van der Waals surface area contributed by atoms with Crippen molar-refractivity contribution in [3.05, 3.63) is 108 Å². The van der Waals surface area contributed by atoms with E-state index in [1.807, 2.05) is 0 Å². The van der Waals surface area contributed by atoms with Gasteiger partial charge in [0.05, 0.1) is 0 Å². The summed E-state index contributed by atoms with van der Waals surface area (Å²) in [6.45, 7) is 0. The molecule has 5 rings (SSSR count). The van der Waals surface area contributed by atoms with E-state index in [0.29, 0.717) is 3.67 Å². The van der Waals surface area contributed by atoms with E-state index in [9.17, 15) is 0 Å². The first-order chi connectivity index (χ1) is 12.8. The molecule has 0 aliphatic heterocycles. The summed E-state index contributed by atoms with van der Waals surface area (Å²) < 4.78 is 0.556. The molecule has 4 aromatic carbocycles. The number of benzene rings is 4. The van der Waals surface area contributed by atoms with Gasteiger partial charge in [-0.2, -0.15) is 0 Å². The first-order valence-electron chi connectivity index (χ1n) is 8.91. The van der Waals surface area contributed by atoms with Crippen molar-refractivity contribution < 1.29 is 24.4 Å². The molecule has 0 spiro atoms. The number of fused-ring (bicyclic) bond motifs is 2. The molecule has 4 aromatic rings. The van der Waals surface area contributed by atoms with Gasteiger partial charge in [0.1, 0.15) is 0 Å². The van der Waals surface area contributed by atoms with Gasteiger partial charge >= 0.3 is 169 Å². The van der Waals surface area contributed by atoms with E-state index in [4.69, 9.17) is 0 Å². The predicted octanol–water partition coefficient (Wildman–Crippen LogP) is 6.65. The summed E-state index contributed by atoms with van der Waals surface area (Å²) in [6.07, 6.45) is 2.41. The molecular weight excluding hydrogens is 479 g/mol. The molecule has 0 amide bonds. The van der Waals surface area contributed by atoms with Crippen LogP contribution < -0.4 is 0 Å². The molecule has 0 nitrogen and oxygen atoms in total. The van der Waals surface area contributed by atoms with Crippen LogP contribution >= 0.6 is 0 Å². The van der Waals surface area contributed by atoms with Crippen molar-refractivity contribution in [1.29, 1.82) is 0 Å². The standard InChI is InChI=1S/C25H17.Hf/c1-2-8-18(9-3-1)22-16-21-12-6-7-13-24(21)25(17-22)23-14-19-10-4-5-11-20(19)15-23;/h1-17H;. The zero-order valence-corrected chi connectivity index (χ0v) is 17.9. The van der Waals surface area contributed by atoms with Gasteiger partial charge in [0.2, 0.25) is 0 Å². The Hall–Kier alpha value is -2.25. The van der Waals surface area contributed by atoms with Crippen molar-refractivity contribution in [2.75, 3.05) is 0 Å². The van der Waals surface area contributed by atoms with Crippen molar-refractivity contribution in [2.24, 2.45) is 0 Å². The molecule has 1 heteroatoms. The van der Waals surface area contributed by atoms with Crippen molar-refractivity contribution in [2.45, 2.75) is 3.67 Å². The average molecular weight is 496 g/mol. The third kappa shape index (κ3) is 2.62. The second-order valence-electron chi connectivity index (χ2n) is 6.77. The van der Waals surface area contributed by atoms with Gasteiger partial charge in [0.15, 0.2) is 0 Å². The molecule has 1 aliphatic carbocycles. The second kappa shape index (κ2) is 6.48. The molecule has 1 atom stereocenters. The third-order valence-electron chi connectivity index (χ3n) is 5.21. The summed E-state index contributed by atoms with van der Waals surface area (Å²) in [7, 11) is 0. The van der Waals surface area contributed by atoms with Crippen LogP contribution in [0.4, 0.5) is 0 Å². The number of hydrogen-bond donors (Lipinski definition) is 0. The van der Waals surface area contributed by atoms with Crippen LogP contribution in [0.15, 0.2) is 91.0 Å². The third-order valence-corrected chi connectivity index (χ3v) is 7.44. The summed E-state index contributed by atoms with van der Waals surface area (Å²) >= 11 is 1.12. The Bertz CT molecular complexity index is 1140. The van der Waals surface area contributed by atoms with Gasteiger partial charge in [-0.15, -0.1) is 0 Å². The second-order valence-corrected chi connectivity index (χ2v) is 8.85. The first-order valence-corrected chi connectivity index (χ1v) is 11.0. The van der Waals surface area contributed by atoms with Crippen LogP contribution in [0.1, 0.15) is 20.4 Å². The first kappa shape index (κ1) is 16.0. The van der Waals surface area contributed by atoms with Gasteiger partial charge in [-0.1, -0.05) is 0 Å². The van der Waals surface area contributed by atoms with Crippen molar-refractivity contribution >= 4 is 22.4 Å². The van der Waals surface area contributed by atoms with Gasteiger partial charge in [-0.3, -0.25) is 0 Å². The molecule has 121 valence electrons. The van der Waals surface area contributed by atoms with E-state index in [1.54, 1.807) is 0 Å². The van der Waals surface area contributed by atoms with Crippen LogP contribution in [0.5, 0.6) is 0 Å². The van der Waals surface area contributed by atoms with Crippen LogP contribution in [0.2, 0.25) is 0 Å². The Kier molecular flexibility index (Phi) is 3.98. The Morgan fingerprint density at radius 3 is 2.23 bits per heavy atom. The number of hydrogen-bond acceptors (Lipinski definition) is 0. The quantitative estimate of drug-likeness (QED) is 0.273. The molecule has 0 fully saturated rings. The zero-order chi connectivity index (χ0) is 17.5. The molecule has 0 N–H and O–H groups in total. The van der Waals surface area contributed by atoms with Crippen molar-refractivity contribution in [1.82, 2.24) is 0 Å². The molecule has 0 aromatic heterocycles. The van der Waals surface area contributed by atoms with Crippen LogP contribution in [0.3, 0.4) is 0 Å². The Labute approximate surface area is 168 Å². The van der Waals surface area contributed by atoms with Gasteiger partial charge < -0.3 is 0 Å². The van der Waals surface area contributed by atoms with Crippen LogP contribution in [0.25, 0.3) is 33.5 Å². The number of allylic oxidation sites excluding steroid dienone is 1. The fourth-order valence-corrected chi connectivity index (χ4v) is 5.71. The van der Waals surface area contributed by atoms with Gasteiger partial charge in [-0.25, -0.2) is 0 Å². The van der Waals surface area contributed by atoms with Crippen molar-refractivity contribution in [3.8, 4) is 11.1 Å². The molecule has 0 heterocycles. The Balaban J connectivity index is 1.76. The topological polar surface area (TPSA) is 0 Å². The van der Waals surface area contributed by atoms with E-state index in [2.05, 4.69) is 97.1 Å². The fourth-order valence-electron chi connectivity index (χ4n) is 3.90. The van der Waals surface area contributed by atoms with Crippen molar-refractivity contribution in [3.63, 3.8) is 0 Å². The average Bonchev–Trinajstić information content (AvgIpc) is 3.04. The molecule has 1 aliphatic rings. The van der Waals surface area contributed by atoms with Gasteiger partial charge in [-0.05, 0) is 0 Å². The molecule has 0 saturated carbocycles. The summed E-state index contributed by atoms with van der Waals surface area (Å²) in [6, 6.07) is 33.0. The Morgan fingerprint density at radius 1 is 0.654 bits per heavy atom. The molecular formula is C25H17Hf. The van der Waals surface area contributed by atoms with E-state index < -0.39 is 0 Å². The number of rotatable bonds is 2. The summed E-state index contributed by atoms with van der Waals surface area (Å²) in [5.41, 5.74) is 8.32. The molecule has 0 bridgehead atoms. The van der Waals surface area contributed by atoms with E-state index >= 15 is 0 Å². The summed E-state index contributed by atoms with van der Waals surface area (Å²) in [5, 5.41) is 2.67. The molecule has 0 radical (unpaired) electrons. The zero-order valence-electron chi connectivity index (χ0n) is 14.3. The monoisotopic (exact) mass is 497 g/mol. The minimum atomic E-state index is 0.556.